The van der Waals surface area contributed by atoms with Crippen LogP contribution in [-0.4, -0.2) is 10.5 Å². The molecule has 1 aliphatic carbocycles. The Morgan fingerprint density at radius 2 is 1.68 bits per heavy atom. The zero-order valence-electron chi connectivity index (χ0n) is 17.5. The van der Waals surface area contributed by atoms with Gasteiger partial charge in [-0.3, -0.25) is 4.79 Å². The molecule has 0 saturated heterocycles. The van der Waals surface area contributed by atoms with Crippen molar-refractivity contribution in [3.63, 3.8) is 0 Å². The fourth-order valence-corrected chi connectivity index (χ4v) is 4.75. The van der Waals surface area contributed by atoms with Crippen molar-refractivity contribution in [2.45, 2.75) is 38.3 Å². The lowest BCUT2D eigenvalue weighted by Crippen LogP contribution is -2.25. The highest BCUT2D eigenvalue weighted by molar-refractivity contribution is 5.94. The molecule has 1 atom stereocenters. The van der Waals surface area contributed by atoms with E-state index in [4.69, 9.17) is 10.5 Å². The van der Waals surface area contributed by atoms with Gasteiger partial charge in [-0.05, 0) is 54.2 Å². The minimum atomic E-state index is -0.243. The summed E-state index contributed by atoms with van der Waals surface area (Å²) >= 11 is 0. The van der Waals surface area contributed by atoms with Crippen LogP contribution in [0, 0.1) is 0 Å². The van der Waals surface area contributed by atoms with Crippen molar-refractivity contribution in [1.29, 1.82) is 0 Å². The molecular weight excluding hydrogens is 384 g/mol. The van der Waals surface area contributed by atoms with Crippen molar-refractivity contribution in [2.24, 2.45) is 5.73 Å². The number of amides is 1. The Kier molecular flexibility index (Phi) is 5.21. The summed E-state index contributed by atoms with van der Waals surface area (Å²) in [7, 11) is 0. The van der Waals surface area contributed by atoms with E-state index in [0.717, 1.165) is 53.6 Å². The molecule has 1 unspecified atom stereocenters. The second-order valence-electron chi connectivity index (χ2n) is 8.23. The van der Waals surface area contributed by atoms with Crippen LogP contribution in [0.3, 0.4) is 0 Å². The van der Waals surface area contributed by atoms with Gasteiger partial charge in [-0.1, -0.05) is 60.7 Å². The maximum atomic E-state index is 12.3. The maximum Gasteiger partial charge on any atom is 0.225 e. The molecule has 0 saturated carbocycles. The van der Waals surface area contributed by atoms with E-state index in [1.807, 2.05) is 30.3 Å². The Balaban J connectivity index is 1.58. The van der Waals surface area contributed by atoms with E-state index >= 15 is 0 Å². The number of primary amides is 1. The van der Waals surface area contributed by atoms with E-state index in [9.17, 15) is 4.79 Å². The first-order chi connectivity index (χ1) is 15.2. The van der Waals surface area contributed by atoms with Gasteiger partial charge in [-0.25, -0.2) is 0 Å². The molecule has 5 rings (SSSR count). The highest BCUT2D eigenvalue weighted by Gasteiger charge is 2.31. The van der Waals surface area contributed by atoms with Gasteiger partial charge in [0.1, 0.15) is 12.4 Å². The van der Waals surface area contributed by atoms with Gasteiger partial charge in [0.15, 0.2) is 0 Å². The Morgan fingerprint density at radius 1 is 0.968 bits per heavy atom. The Bertz CT molecular complexity index is 1210. The van der Waals surface area contributed by atoms with Crippen LogP contribution in [0.2, 0.25) is 0 Å². The Labute approximate surface area is 182 Å². The lowest BCUT2D eigenvalue weighted by molar-refractivity contribution is -0.119. The number of fused-ring (bicyclic) bond motifs is 3. The number of carbonyl (C=O) groups is 1. The molecule has 1 heterocycles. The van der Waals surface area contributed by atoms with Crippen LogP contribution in [0.25, 0.3) is 10.9 Å². The molecule has 0 fully saturated rings. The topological polar surface area (TPSA) is 57.3 Å². The van der Waals surface area contributed by atoms with Gasteiger partial charge in [0.25, 0.3) is 0 Å². The number of hydrogen-bond donors (Lipinski definition) is 1. The minimum absolute atomic E-state index is 0.240. The molecule has 0 bridgehead atoms. The molecule has 1 amide bonds. The molecule has 0 spiro atoms. The summed E-state index contributed by atoms with van der Waals surface area (Å²) in [6, 6.07) is 26.8. The summed E-state index contributed by atoms with van der Waals surface area (Å²) in [5, 5.41) is 1.08. The second kappa shape index (κ2) is 8.31. The maximum absolute atomic E-state index is 12.3. The van der Waals surface area contributed by atoms with Crippen molar-refractivity contribution >= 4 is 16.8 Å². The van der Waals surface area contributed by atoms with Crippen LogP contribution in [-0.2, 0) is 24.4 Å². The van der Waals surface area contributed by atoms with Crippen LogP contribution in [0.15, 0.2) is 78.9 Å². The molecule has 2 N–H and O–H groups in total. The van der Waals surface area contributed by atoms with E-state index in [-0.39, 0.29) is 11.8 Å². The van der Waals surface area contributed by atoms with Crippen LogP contribution in [0.1, 0.15) is 41.1 Å². The van der Waals surface area contributed by atoms with Gasteiger partial charge in [-0.15, -0.1) is 0 Å². The predicted octanol–water partition coefficient (Wildman–Crippen LogP) is 5.17. The molecule has 31 heavy (non-hydrogen) atoms. The number of rotatable bonds is 6. The molecule has 0 aliphatic heterocycles. The molecule has 1 aromatic heterocycles. The highest BCUT2D eigenvalue weighted by atomic mass is 16.5. The van der Waals surface area contributed by atoms with Crippen molar-refractivity contribution in [3.8, 4) is 5.75 Å². The SMILES string of the molecule is NC(=O)C1CCCc2c1c1cc(OCc3ccccc3)ccc1n2Cc1ccccc1. The third-order valence-electron chi connectivity index (χ3n) is 6.22. The number of aromatic nitrogens is 1. The quantitative estimate of drug-likeness (QED) is 0.476. The molecule has 4 heteroatoms. The number of ether oxygens (including phenoxy) is 1. The summed E-state index contributed by atoms with van der Waals surface area (Å²) in [6.45, 7) is 1.29. The molecule has 4 nitrogen and oxygen atoms in total. The molecular formula is C27H26N2O2. The van der Waals surface area contributed by atoms with E-state index < -0.39 is 0 Å². The Morgan fingerprint density at radius 3 is 2.39 bits per heavy atom. The van der Waals surface area contributed by atoms with Gasteiger partial charge in [0.05, 0.1) is 5.92 Å². The van der Waals surface area contributed by atoms with E-state index in [2.05, 4.69) is 53.1 Å². The molecule has 1 aliphatic rings. The van der Waals surface area contributed by atoms with Crippen LogP contribution >= 0.6 is 0 Å². The number of nitrogens with zero attached hydrogens (tertiary/aromatic N) is 1. The smallest absolute Gasteiger partial charge is 0.225 e. The first-order valence-electron chi connectivity index (χ1n) is 10.9. The monoisotopic (exact) mass is 410 g/mol. The highest BCUT2D eigenvalue weighted by Crippen LogP contribution is 2.40. The van der Waals surface area contributed by atoms with Gasteiger partial charge >= 0.3 is 0 Å². The van der Waals surface area contributed by atoms with Crippen molar-refractivity contribution in [1.82, 2.24) is 4.57 Å². The number of benzene rings is 3. The van der Waals surface area contributed by atoms with E-state index in [1.54, 1.807) is 0 Å². The summed E-state index contributed by atoms with van der Waals surface area (Å²) in [5.74, 6) is 0.327. The van der Waals surface area contributed by atoms with Crippen LogP contribution in [0.5, 0.6) is 5.75 Å². The van der Waals surface area contributed by atoms with Gasteiger partial charge in [0.2, 0.25) is 5.91 Å². The number of nitrogens with two attached hydrogens (primary N) is 1. The van der Waals surface area contributed by atoms with Gasteiger partial charge in [0, 0.05) is 23.1 Å². The average Bonchev–Trinajstić information content (AvgIpc) is 3.12. The third kappa shape index (κ3) is 3.81. The molecule has 3 aromatic carbocycles. The number of hydrogen-bond acceptors (Lipinski definition) is 2. The van der Waals surface area contributed by atoms with Crippen LogP contribution in [0.4, 0.5) is 0 Å². The van der Waals surface area contributed by atoms with E-state index in [0.29, 0.717) is 6.61 Å². The van der Waals surface area contributed by atoms with Gasteiger partial charge < -0.3 is 15.0 Å². The molecule has 4 aromatic rings. The molecule has 0 radical (unpaired) electrons. The average molecular weight is 411 g/mol. The standard InChI is InChI=1S/C27H26N2O2/c28-27(30)22-12-7-13-25-26(22)23-16-21(31-18-20-10-5-2-6-11-20)14-15-24(23)29(25)17-19-8-3-1-4-9-19/h1-6,8-11,14-16,22H,7,12-13,17-18H2,(H2,28,30). The summed E-state index contributed by atoms with van der Waals surface area (Å²) in [4.78, 5) is 12.3. The lowest BCUT2D eigenvalue weighted by Gasteiger charge is -2.22. The fourth-order valence-electron chi connectivity index (χ4n) is 4.75. The summed E-state index contributed by atoms with van der Waals surface area (Å²) < 4.78 is 8.45. The van der Waals surface area contributed by atoms with Gasteiger partial charge in [-0.2, -0.15) is 0 Å². The minimum Gasteiger partial charge on any atom is -0.489 e. The Hall–Kier alpha value is -3.53. The van der Waals surface area contributed by atoms with Crippen LogP contribution < -0.4 is 10.5 Å². The first kappa shape index (κ1) is 19.4. The third-order valence-corrected chi connectivity index (χ3v) is 6.22. The summed E-state index contributed by atoms with van der Waals surface area (Å²) in [6.07, 6.45) is 2.74. The van der Waals surface area contributed by atoms with Crippen molar-refractivity contribution < 1.29 is 9.53 Å². The fraction of sp³-hybridized carbons (Fsp3) is 0.222. The zero-order chi connectivity index (χ0) is 21.2. The second-order valence-corrected chi connectivity index (χ2v) is 8.23. The normalized spacial score (nSPS) is 15.5. The van der Waals surface area contributed by atoms with Crippen molar-refractivity contribution in [3.05, 3.63) is 101 Å². The summed E-state index contributed by atoms with van der Waals surface area (Å²) in [5.41, 5.74) is 11.7. The zero-order valence-corrected chi connectivity index (χ0v) is 17.5. The van der Waals surface area contributed by atoms with E-state index in [1.165, 1.54) is 11.3 Å². The predicted molar refractivity (Wildman–Crippen MR) is 123 cm³/mol. The lowest BCUT2D eigenvalue weighted by atomic mass is 9.84. The molecule has 156 valence electrons. The largest absolute Gasteiger partial charge is 0.489 e. The number of carbonyl (C=O) groups excluding carboxylic acids is 1. The first-order valence-corrected chi connectivity index (χ1v) is 10.9. The van der Waals surface area contributed by atoms with Crippen molar-refractivity contribution in [2.75, 3.05) is 0 Å².